The summed E-state index contributed by atoms with van der Waals surface area (Å²) in [6, 6.07) is 28.7. The Morgan fingerprint density at radius 2 is 1.64 bits per heavy atom. The fourth-order valence-corrected chi connectivity index (χ4v) is 6.28. The Kier molecular flexibility index (Phi) is 8.45. The quantitative estimate of drug-likeness (QED) is 0.228. The molecule has 1 aliphatic heterocycles. The maximum absolute atomic E-state index is 14.2. The van der Waals surface area contributed by atoms with Crippen molar-refractivity contribution in [2.24, 2.45) is 0 Å². The highest BCUT2D eigenvalue weighted by Crippen LogP contribution is 2.48. The predicted octanol–water partition coefficient (Wildman–Crippen LogP) is 8.55. The monoisotopic (exact) mass is 606 g/mol. The SMILES string of the molecule is CCOc1cc([C@@H]2C3=C(C[C@H](c4ccc(C)cc4)CC3=O)Nc3ccccc3N2C(C)=O)ccc1OCc1ccc(Cl)cc1. The molecule has 0 spiro atoms. The molecule has 1 amide bonds. The van der Waals surface area contributed by atoms with Crippen LogP contribution in [0.5, 0.6) is 11.5 Å². The fraction of sp³-hybridized carbons (Fsp3) is 0.243. The molecule has 0 bridgehead atoms. The van der Waals surface area contributed by atoms with Gasteiger partial charge in [-0.1, -0.05) is 71.8 Å². The number of nitrogens with zero attached hydrogens (tertiary/aromatic N) is 1. The van der Waals surface area contributed by atoms with E-state index >= 15 is 0 Å². The molecule has 0 aromatic heterocycles. The lowest BCUT2D eigenvalue weighted by Crippen LogP contribution is -2.37. The summed E-state index contributed by atoms with van der Waals surface area (Å²) in [7, 11) is 0. The molecule has 6 nitrogen and oxygen atoms in total. The molecule has 4 aromatic rings. The second-order valence-electron chi connectivity index (χ2n) is 11.3. The number of benzene rings is 4. The molecule has 0 saturated heterocycles. The van der Waals surface area contributed by atoms with Crippen LogP contribution in [0.25, 0.3) is 0 Å². The Morgan fingerprint density at radius 1 is 0.909 bits per heavy atom. The molecule has 1 aliphatic carbocycles. The van der Waals surface area contributed by atoms with Crippen molar-refractivity contribution < 1.29 is 19.1 Å². The Balaban J connectivity index is 1.44. The molecule has 7 heteroatoms. The van der Waals surface area contributed by atoms with E-state index in [1.165, 1.54) is 5.56 Å². The number of hydrogen-bond acceptors (Lipinski definition) is 5. The number of rotatable bonds is 7. The zero-order chi connectivity index (χ0) is 30.8. The molecule has 0 saturated carbocycles. The minimum Gasteiger partial charge on any atom is -0.490 e. The van der Waals surface area contributed by atoms with Gasteiger partial charge in [0.1, 0.15) is 6.61 Å². The van der Waals surface area contributed by atoms with Crippen molar-refractivity contribution in [2.75, 3.05) is 16.8 Å². The summed E-state index contributed by atoms with van der Waals surface area (Å²) >= 11 is 6.05. The molecule has 4 aromatic carbocycles. The number of Topliss-reactive ketones (excluding diaryl/α,β-unsaturated/α-hetero) is 1. The highest BCUT2D eigenvalue weighted by Gasteiger charge is 2.41. The van der Waals surface area contributed by atoms with Crippen molar-refractivity contribution in [2.45, 2.75) is 52.2 Å². The van der Waals surface area contributed by atoms with E-state index in [1.807, 2.05) is 73.7 Å². The summed E-state index contributed by atoms with van der Waals surface area (Å²) in [6.07, 6.45) is 1.02. The predicted molar refractivity (Wildman–Crippen MR) is 175 cm³/mol. The van der Waals surface area contributed by atoms with Gasteiger partial charge in [-0.3, -0.25) is 14.5 Å². The van der Waals surface area contributed by atoms with Gasteiger partial charge in [0.15, 0.2) is 17.3 Å². The third-order valence-electron chi connectivity index (χ3n) is 8.27. The van der Waals surface area contributed by atoms with Gasteiger partial charge >= 0.3 is 0 Å². The van der Waals surface area contributed by atoms with Crippen LogP contribution in [0, 0.1) is 6.92 Å². The number of para-hydroxylation sites is 2. The first kappa shape index (κ1) is 29.5. The summed E-state index contributed by atoms with van der Waals surface area (Å²) in [5.74, 6) is 1.03. The Hall–Kier alpha value is -4.55. The Morgan fingerprint density at radius 3 is 2.36 bits per heavy atom. The van der Waals surface area contributed by atoms with Crippen LogP contribution in [0.2, 0.25) is 5.02 Å². The first-order valence-electron chi connectivity index (χ1n) is 14.9. The summed E-state index contributed by atoms with van der Waals surface area (Å²) in [5.41, 5.74) is 7.03. The van der Waals surface area contributed by atoms with Gasteiger partial charge in [0.2, 0.25) is 5.91 Å². The van der Waals surface area contributed by atoms with Crippen LogP contribution in [0.3, 0.4) is 0 Å². The summed E-state index contributed by atoms with van der Waals surface area (Å²) in [6.45, 7) is 6.29. The van der Waals surface area contributed by atoms with Crippen LogP contribution in [-0.2, 0) is 16.2 Å². The molecule has 2 aliphatic rings. The summed E-state index contributed by atoms with van der Waals surface area (Å²) < 4.78 is 12.2. The molecule has 1 N–H and O–H groups in total. The van der Waals surface area contributed by atoms with E-state index in [2.05, 4.69) is 36.5 Å². The highest BCUT2D eigenvalue weighted by atomic mass is 35.5. The molecule has 2 atom stereocenters. The van der Waals surface area contributed by atoms with Crippen LogP contribution in [0.4, 0.5) is 11.4 Å². The van der Waals surface area contributed by atoms with E-state index in [9.17, 15) is 9.59 Å². The number of carbonyl (C=O) groups excluding carboxylic acids is 2. The van der Waals surface area contributed by atoms with Gasteiger partial charge < -0.3 is 14.8 Å². The normalized spacial score (nSPS) is 17.7. The molecular weight excluding hydrogens is 572 g/mol. The van der Waals surface area contributed by atoms with Gasteiger partial charge in [-0.15, -0.1) is 0 Å². The van der Waals surface area contributed by atoms with Crippen molar-refractivity contribution in [1.29, 1.82) is 0 Å². The van der Waals surface area contributed by atoms with Gasteiger partial charge in [-0.05, 0) is 79.3 Å². The molecule has 0 radical (unpaired) electrons. The number of carbonyl (C=O) groups is 2. The van der Waals surface area contributed by atoms with Crippen LogP contribution in [0.15, 0.2) is 102 Å². The highest BCUT2D eigenvalue weighted by molar-refractivity contribution is 6.30. The van der Waals surface area contributed by atoms with Gasteiger partial charge in [0.25, 0.3) is 0 Å². The lowest BCUT2D eigenvalue weighted by Gasteiger charge is -2.35. The average molecular weight is 607 g/mol. The number of hydrogen-bond donors (Lipinski definition) is 1. The van der Waals surface area contributed by atoms with Crippen LogP contribution >= 0.6 is 11.6 Å². The maximum atomic E-state index is 14.2. The lowest BCUT2D eigenvalue weighted by atomic mass is 9.78. The zero-order valence-corrected chi connectivity index (χ0v) is 25.9. The number of amides is 1. The number of aryl methyl sites for hydroxylation is 1. The van der Waals surface area contributed by atoms with Gasteiger partial charge in [0, 0.05) is 29.6 Å². The van der Waals surface area contributed by atoms with E-state index in [1.54, 1.807) is 11.8 Å². The van der Waals surface area contributed by atoms with Crippen molar-refractivity contribution in [1.82, 2.24) is 0 Å². The molecule has 1 heterocycles. The second-order valence-corrected chi connectivity index (χ2v) is 11.8. The number of halogens is 1. The van der Waals surface area contributed by atoms with Crippen molar-refractivity contribution >= 4 is 34.7 Å². The van der Waals surface area contributed by atoms with Crippen molar-refractivity contribution in [3.05, 3.63) is 130 Å². The first-order chi connectivity index (χ1) is 21.3. The Bertz CT molecular complexity index is 1730. The number of allylic oxidation sites excluding steroid dienone is 1. The van der Waals surface area contributed by atoms with Crippen LogP contribution in [0.1, 0.15) is 60.9 Å². The van der Waals surface area contributed by atoms with Gasteiger partial charge in [-0.25, -0.2) is 0 Å². The van der Waals surface area contributed by atoms with Crippen molar-refractivity contribution in [3.8, 4) is 11.5 Å². The fourth-order valence-electron chi connectivity index (χ4n) is 6.15. The molecular formula is C37H35ClN2O4. The number of ketones is 1. The van der Waals surface area contributed by atoms with Gasteiger partial charge in [0.05, 0.1) is 24.0 Å². The number of anilines is 2. The van der Waals surface area contributed by atoms with Crippen LogP contribution in [-0.4, -0.2) is 18.3 Å². The second kappa shape index (κ2) is 12.6. The van der Waals surface area contributed by atoms with Gasteiger partial charge in [-0.2, -0.15) is 0 Å². The van der Waals surface area contributed by atoms with Crippen LogP contribution < -0.4 is 19.7 Å². The van der Waals surface area contributed by atoms with E-state index in [4.69, 9.17) is 21.1 Å². The molecule has 6 rings (SSSR count). The number of fused-ring (bicyclic) bond motifs is 1. The average Bonchev–Trinajstić information content (AvgIpc) is 3.16. The van der Waals surface area contributed by atoms with E-state index in [-0.39, 0.29) is 17.6 Å². The maximum Gasteiger partial charge on any atom is 0.224 e. The lowest BCUT2D eigenvalue weighted by molar-refractivity contribution is -0.117. The van der Waals surface area contributed by atoms with Crippen molar-refractivity contribution in [3.63, 3.8) is 0 Å². The number of nitrogens with one attached hydrogen (secondary N) is 1. The topological polar surface area (TPSA) is 67.9 Å². The minimum atomic E-state index is -0.644. The smallest absolute Gasteiger partial charge is 0.224 e. The summed E-state index contributed by atoms with van der Waals surface area (Å²) in [5, 5.41) is 4.25. The zero-order valence-electron chi connectivity index (χ0n) is 25.1. The molecule has 0 fully saturated rings. The minimum absolute atomic E-state index is 0.0226. The third-order valence-corrected chi connectivity index (χ3v) is 8.52. The third kappa shape index (κ3) is 5.95. The largest absolute Gasteiger partial charge is 0.490 e. The summed E-state index contributed by atoms with van der Waals surface area (Å²) in [4.78, 5) is 29.4. The Labute approximate surface area is 263 Å². The van der Waals surface area contributed by atoms with E-state index < -0.39 is 6.04 Å². The molecule has 44 heavy (non-hydrogen) atoms. The standard InChI is InChI=1S/C37H35ClN2O4/c1-4-43-35-21-27(15-18-34(35)44-22-25-11-16-29(38)17-12-25)37-36-31(39-30-7-5-6-8-32(30)40(37)24(3)41)19-28(20-33(36)42)26-13-9-23(2)10-14-26/h5-18,21,28,37,39H,4,19-20,22H2,1-3H3/t28-,37+/m0/s1. The molecule has 224 valence electrons. The first-order valence-corrected chi connectivity index (χ1v) is 15.3. The van der Waals surface area contributed by atoms with E-state index in [0.717, 1.165) is 33.8 Å². The molecule has 0 unspecified atom stereocenters. The van der Waals surface area contributed by atoms with E-state index in [0.29, 0.717) is 48.2 Å². The number of ether oxygens (including phenoxy) is 2.